The number of fused-ring (bicyclic) bond motifs is 3. The Bertz CT molecular complexity index is 1420. The van der Waals surface area contributed by atoms with Crippen LogP contribution in [-0.4, -0.2) is 17.3 Å². The van der Waals surface area contributed by atoms with Gasteiger partial charge in [0.1, 0.15) is 5.75 Å². The van der Waals surface area contributed by atoms with E-state index in [0.717, 1.165) is 27.6 Å². The molecule has 2 atom stereocenters. The van der Waals surface area contributed by atoms with Gasteiger partial charge in [0, 0.05) is 46.7 Å². The topological polar surface area (TPSA) is 49.7 Å². The molecular formula is C27H20ClNO4. The number of esters is 1. The fraction of sp³-hybridized carbons (Fsp3) is 0.148. The first-order valence-electron chi connectivity index (χ1n) is 10.7. The van der Waals surface area contributed by atoms with Gasteiger partial charge >= 0.3 is 5.97 Å². The van der Waals surface area contributed by atoms with Gasteiger partial charge < -0.3 is 18.8 Å². The van der Waals surface area contributed by atoms with Gasteiger partial charge in [0.05, 0.1) is 5.92 Å². The minimum absolute atomic E-state index is 0.157. The third-order valence-corrected chi connectivity index (χ3v) is 6.57. The Hall–Kier alpha value is -3.70. The Kier molecular flexibility index (Phi) is 4.66. The van der Waals surface area contributed by atoms with Gasteiger partial charge in [0.2, 0.25) is 6.79 Å². The fourth-order valence-electron chi connectivity index (χ4n) is 4.73. The average Bonchev–Trinajstić information content (AvgIpc) is 3.41. The highest BCUT2D eigenvalue weighted by Crippen LogP contribution is 2.50. The van der Waals surface area contributed by atoms with Crippen LogP contribution in [0.4, 0.5) is 0 Å². The van der Waals surface area contributed by atoms with Gasteiger partial charge in [-0.25, -0.2) is 0 Å². The molecule has 0 radical (unpaired) electrons. The van der Waals surface area contributed by atoms with E-state index in [1.807, 2.05) is 72.4 Å². The summed E-state index contributed by atoms with van der Waals surface area (Å²) in [6.45, 7) is 0.157. The molecule has 0 aliphatic carbocycles. The number of aryl methyl sites for hydroxylation is 1. The number of rotatable bonds is 3. The van der Waals surface area contributed by atoms with Crippen molar-refractivity contribution in [2.75, 3.05) is 6.79 Å². The lowest BCUT2D eigenvalue weighted by atomic mass is 9.78. The van der Waals surface area contributed by atoms with Crippen molar-refractivity contribution in [2.24, 2.45) is 7.05 Å². The van der Waals surface area contributed by atoms with Gasteiger partial charge in [0.15, 0.2) is 11.5 Å². The summed E-state index contributed by atoms with van der Waals surface area (Å²) in [5, 5.41) is 1.72. The first-order chi connectivity index (χ1) is 16.1. The monoisotopic (exact) mass is 457 g/mol. The van der Waals surface area contributed by atoms with Crippen LogP contribution in [0.1, 0.15) is 28.5 Å². The highest BCUT2D eigenvalue weighted by molar-refractivity contribution is 6.30. The second-order valence-corrected chi connectivity index (χ2v) is 8.73. The molecular weight excluding hydrogens is 438 g/mol. The van der Waals surface area contributed by atoms with E-state index in [4.69, 9.17) is 25.8 Å². The lowest BCUT2D eigenvalue weighted by Crippen LogP contribution is -2.29. The standard InChI is InChI=1S/C27H20ClNO4/c1-29-14-21(18-4-2-3-5-22(18)29)26-19(11-8-16-6-9-17(28)10-7-16)20-12-24-25(32-15-31-24)13-23(20)33-27(26)30/h2-14,19,26H,15H2,1H3/b11-8+/t19-,26+/m1/s1. The predicted octanol–water partition coefficient (Wildman–Crippen LogP) is 6.06. The number of halogens is 1. The number of carbonyl (C=O) groups excluding carboxylic acids is 1. The van der Waals surface area contributed by atoms with Crippen molar-refractivity contribution in [2.45, 2.75) is 11.8 Å². The molecule has 0 spiro atoms. The van der Waals surface area contributed by atoms with Crippen LogP contribution in [0, 0.1) is 0 Å². The molecule has 0 saturated heterocycles. The van der Waals surface area contributed by atoms with Crippen molar-refractivity contribution < 1.29 is 19.0 Å². The van der Waals surface area contributed by atoms with E-state index in [1.165, 1.54) is 0 Å². The number of benzene rings is 3. The van der Waals surface area contributed by atoms with Crippen LogP contribution in [0.15, 0.2) is 72.9 Å². The highest BCUT2D eigenvalue weighted by atomic mass is 35.5. The summed E-state index contributed by atoms with van der Waals surface area (Å²) in [7, 11) is 1.99. The normalized spacial score (nSPS) is 19.2. The molecule has 0 unspecified atom stereocenters. The summed E-state index contributed by atoms with van der Waals surface area (Å²) in [6, 6.07) is 19.4. The van der Waals surface area contributed by atoms with E-state index in [-0.39, 0.29) is 18.7 Å². The molecule has 5 nitrogen and oxygen atoms in total. The fourth-order valence-corrected chi connectivity index (χ4v) is 4.86. The third kappa shape index (κ3) is 3.36. The minimum Gasteiger partial charge on any atom is -0.454 e. The molecule has 0 fully saturated rings. The lowest BCUT2D eigenvalue weighted by molar-refractivity contribution is -0.137. The highest BCUT2D eigenvalue weighted by Gasteiger charge is 2.40. The zero-order valence-electron chi connectivity index (χ0n) is 17.8. The second kappa shape index (κ2) is 7.71. The predicted molar refractivity (Wildman–Crippen MR) is 127 cm³/mol. The molecule has 6 rings (SSSR count). The molecule has 6 heteroatoms. The molecule has 0 saturated carbocycles. The molecule has 3 heterocycles. The molecule has 1 aromatic heterocycles. The van der Waals surface area contributed by atoms with Crippen molar-refractivity contribution in [3.8, 4) is 17.2 Å². The van der Waals surface area contributed by atoms with Crippen molar-refractivity contribution in [3.63, 3.8) is 0 Å². The number of ether oxygens (including phenoxy) is 3. The molecule has 0 bridgehead atoms. The number of allylic oxidation sites excluding steroid dienone is 1. The maximum Gasteiger partial charge on any atom is 0.319 e. The van der Waals surface area contributed by atoms with Gasteiger partial charge in [-0.2, -0.15) is 0 Å². The van der Waals surface area contributed by atoms with E-state index in [9.17, 15) is 4.79 Å². The molecule has 164 valence electrons. The number of hydrogen-bond donors (Lipinski definition) is 0. The summed E-state index contributed by atoms with van der Waals surface area (Å²) in [5.41, 5.74) is 3.89. The lowest BCUT2D eigenvalue weighted by Gasteiger charge is -2.30. The first kappa shape index (κ1) is 19.9. The second-order valence-electron chi connectivity index (χ2n) is 8.29. The van der Waals surface area contributed by atoms with Crippen LogP contribution in [0.5, 0.6) is 17.2 Å². The van der Waals surface area contributed by atoms with Gasteiger partial charge in [-0.3, -0.25) is 4.79 Å². The number of nitrogens with zero attached hydrogens (tertiary/aromatic N) is 1. The number of aromatic nitrogens is 1. The summed E-state index contributed by atoms with van der Waals surface area (Å²) in [5.74, 6) is 0.707. The van der Waals surface area contributed by atoms with E-state index in [0.29, 0.717) is 22.3 Å². The summed E-state index contributed by atoms with van der Waals surface area (Å²) < 4.78 is 19.0. The quantitative estimate of drug-likeness (QED) is 0.277. The summed E-state index contributed by atoms with van der Waals surface area (Å²) >= 11 is 6.05. The average molecular weight is 458 g/mol. The zero-order chi connectivity index (χ0) is 22.5. The molecule has 0 N–H and O–H groups in total. The summed E-state index contributed by atoms with van der Waals surface area (Å²) in [6.07, 6.45) is 6.11. The van der Waals surface area contributed by atoms with Crippen LogP contribution < -0.4 is 14.2 Å². The van der Waals surface area contributed by atoms with E-state index in [2.05, 4.69) is 12.1 Å². The molecule has 3 aromatic carbocycles. The number of carbonyl (C=O) groups is 1. The van der Waals surface area contributed by atoms with Crippen LogP contribution >= 0.6 is 11.6 Å². The third-order valence-electron chi connectivity index (χ3n) is 6.32. The molecule has 0 amide bonds. The van der Waals surface area contributed by atoms with Crippen molar-refractivity contribution >= 4 is 34.5 Å². The van der Waals surface area contributed by atoms with Crippen molar-refractivity contribution in [1.82, 2.24) is 4.57 Å². The van der Waals surface area contributed by atoms with E-state index >= 15 is 0 Å². The maximum absolute atomic E-state index is 13.4. The Morgan fingerprint density at radius 1 is 0.970 bits per heavy atom. The van der Waals surface area contributed by atoms with Crippen molar-refractivity contribution in [3.05, 3.63) is 94.6 Å². The van der Waals surface area contributed by atoms with Gasteiger partial charge in [-0.1, -0.05) is 54.1 Å². The molecule has 2 aliphatic rings. The SMILES string of the molecule is Cn1cc([C@H]2C(=O)Oc3cc4c(cc3[C@H]2/C=C/c2ccc(Cl)cc2)OCO4)c2ccccc21. The van der Waals surface area contributed by atoms with Gasteiger partial charge in [-0.15, -0.1) is 0 Å². The molecule has 33 heavy (non-hydrogen) atoms. The number of hydrogen-bond acceptors (Lipinski definition) is 4. The summed E-state index contributed by atoms with van der Waals surface area (Å²) in [4.78, 5) is 13.4. The van der Waals surface area contributed by atoms with Gasteiger partial charge in [0.25, 0.3) is 0 Å². The van der Waals surface area contributed by atoms with E-state index in [1.54, 1.807) is 6.07 Å². The minimum atomic E-state index is -0.507. The van der Waals surface area contributed by atoms with Crippen molar-refractivity contribution in [1.29, 1.82) is 0 Å². The molecule has 2 aliphatic heterocycles. The van der Waals surface area contributed by atoms with Crippen LogP contribution in [0.3, 0.4) is 0 Å². The largest absolute Gasteiger partial charge is 0.454 e. The van der Waals surface area contributed by atoms with Gasteiger partial charge in [-0.05, 0) is 35.4 Å². The first-order valence-corrected chi connectivity index (χ1v) is 11.1. The Morgan fingerprint density at radius 2 is 1.73 bits per heavy atom. The smallest absolute Gasteiger partial charge is 0.319 e. The van der Waals surface area contributed by atoms with Crippen LogP contribution in [0.2, 0.25) is 5.02 Å². The zero-order valence-corrected chi connectivity index (χ0v) is 18.6. The molecule has 4 aromatic rings. The Balaban J connectivity index is 1.52. The van der Waals surface area contributed by atoms with Crippen LogP contribution in [-0.2, 0) is 11.8 Å². The number of para-hydroxylation sites is 1. The Labute approximate surface area is 195 Å². The van der Waals surface area contributed by atoms with E-state index < -0.39 is 5.92 Å². The maximum atomic E-state index is 13.4. The Morgan fingerprint density at radius 3 is 2.55 bits per heavy atom. The van der Waals surface area contributed by atoms with Crippen LogP contribution in [0.25, 0.3) is 17.0 Å².